The summed E-state index contributed by atoms with van der Waals surface area (Å²) in [6.45, 7) is 4.17. The van der Waals surface area contributed by atoms with Crippen LogP contribution >= 0.6 is 15.9 Å². The van der Waals surface area contributed by atoms with Gasteiger partial charge in [-0.15, -0.1) is 0 Å². The maximum atomic E-state index is 12.2. The Kier molecular flexibility index (Phi) is 6.02. The Morgan fingerprint density at radius 3 is 2.37 bits per heavy atom. The van der Waals surface area contributed by atoms with Crippen LogP contribution in [0.15, 0.2) is 28.7 Å². The number of halogens is 1. The van der Waals surface area contributed by atoms with Crippen molar-refractivity contribution in [2.45, 2.75) is 26.8 Å². The van der Waals surface area contributed by atoms with Crippen LogP contribution in [-0.2, 0) is 16.1 Å². The number of carbonyl (C=O) groups is 2. The zero-order chi connectivity index (χ0) is 14.4. The molecule has 0 spiro atoms. The van der Waals surface area contributed by atoms with Crippen LogP contribution in [0.5, 0.6) is 0 Å². The van der Waals surface area contributed by atoms with Crippen molar-refractivity contribution >= 4 is 27.7 Å². The monoisotopic (exact) mass is 326 g/mol. The van der Waals surface area contributed by atoms with Gasteiger partial charge >= 0.3 is 0 Å². The topological polar surface area (TPSA) is 63.4 Å². The first-order valence-corrected chi connectivity index (χ1v) is 7.04. The Morgan fingerprint density at radius 2 is 1.89 bits per heavy atom. The Labute approximate surface area is 122 Å². The van der Waals surface area contributed by atoms with Gasteiger partial charge in [-0.3, -0.25) is 9.59 Å². The van der Waals surface area contributed by atoms with E-state index in [-0.39, 0.29) is 18.4 Å². The molecule has 0 saturated carbocycles. The lowest BCUT2D eigenvalue weighted by atomic mass is 10.1. The molecule has 1 atom stereocenters. The van der Waals surface area contributed by atoms with Crippen molar-refractivity contribution in [2.24, 2.45) is 11.7 Å². The second-order valence-corrected chi connectivity index (χ2v) is 5.51. The van der Waals surface area contributed by atoms with Gasteiger partial charge in [0.1, 0.15) is 0 Å². The highest BCUT2D eigenvalue weighted by atomic mass is 79.9. The predicted octanol–water partition coefficient (Wildman–Crippen LogP) is 2.31. The van der Waals surface area contributed by atoms with Crippen LogP contribution < -0.4 is 5.73 Å². The fourth-order valence-electron chi connectivity index (χ4n) is 1.70. The highest BCUT2D eigenvalue weighted by molar-refractivity contribution is 9.10. The average Bonchev–Trinajstić information content (AvgIpc) is 2.38. The van der Waals surface area contributed by atoms with Gasteiger partial charge in [0.25, 0.3) is 0 Å². The first-order valence-electron chi connectivity index (χ1n) is 6.25. The fourth-order valence-corrected chi connectivity index (χ4v) is 1.96. The third-order valence-electron chi connectivity index (χ3n) is 2.98. The molecular formula is C14H19BrN2O2. The molecule has 0 aliphatic rings. The van der Waals surface area contributed by atoms with Crippen LogP contribution in [0, 0.1) is 5.92 Å². The molecule has 0 aromatic heterocycles. The van der Waals surface area contributed by atoms with Gasteiger partial charge in [-0.25, -0.2) is 0 Å². The number of primary amides is 1. The molecule has 2 N–H and O–H groups in total. The van der Waals surface area contributed by atoms with E-state index in [0.717, 1.165) is 16.5 Å². The van der Waals surface area contributed by atoms with E-state index in [2.05, 4.69) is 15.9 Å². The van der Waals surface area contributed by atoms with Crippen molar-refractivity contribution < 1.29 is 9.59 Å². The quantitative estimate of drug-likeness (QED) is 0.871. The minimum absolute atomic E-state index is 0.0378. The summed E-state index contributed by atoms with van der Waals surface area (Å²) < 4.78 is 0.978. The summed E-state index contributed by atoms with van der Waals surface area (Å²) in [6, 6.07) is 7.65. The van der Waals surface area contributed by atoms with Gasteiger partial charge in [0, 0.05) is 16.9 Å². The predicted molar refractivity (Wildman–Crippen MR) is 78.2 cm³/mol. The number of nitrogens with zero attached hydrogens (tertiary/aromatic N) is 1. The number of amides is 2. The summed E-state index contributed by atoms with van der Waals surface area (Å²) in [5.74, 6) is -0.632. The first-order chi connectivity index (χ1) is 8.93. The van der Waals surface area contributed by atoms with Gasteiger partial charge in [0.05, 0.1) is 6.54 Å². The van der Waals surface area contributed by atoms with E-state index in [4.69, 9.17) is 5.73 Å². The standard InChI is InChI=1S/C14H19BrN2O2/c1-3-10(2)14(19)17(9-13(16)18)8-11-4-6-12(15)7-5-11/h4-7,10H,3,8-9H2,1-2H3,(H2,16,18)/t10-/m0/s1. The van der Waals surface area contributed by atoms with E-state index in [1.807, 2.05) is 38.1 Å². The zero-order valence-corrected chi connectivity index (χ0v) is 12.8. The summed E-state index contributed by atoms with van der Waals surface area (Å²) in [6.07, 6.45) is 0.744. The maximum Gasteiger partial charge on any atom is 0.237 e. The average molecular weight is 327 g/mol. The van der Waals surface area contributed by atoms with E-state index >= 15 is 0 Å². The molecule has 0 aliphatic heterocycles. The normalized spacial score (nSPS) is 11.9. The molecule has 0 unspecified atom stereocenters. The molecule has 104 valence electrons. The molecule has 0 radical (unpaired) electrons. The van der Waals surface area contributed by atoms with Crippen molar-refractivity contribution in [3.63, 3.8) is 0 Å². The van der Waals surface area contributed by atoms with E-state index < -0.39 is 5.91 Å². The van der Waals surface area contributed by atoms with Gasteiger partial charge < -0.3 is 10.6 Å². The second-order valence-electron chi connectivity index (χ2n) is 4.60. The van der Waals surface area contributed by atoms with Crippen molar-refractivity contribution in [3.8, 4) is 0 Å². The van der Waals surface area contributed by atoms with Crippen LogP contribution in [0.1, 0.15) is 25.8 Å². The Balaban J connectivity index is 2.82. The lowest BCUT2D eigenvalue weighted by Crippen LogP contribution is -2.40. The molecule has 0 aliphatic carbocycles. The van der Waals surface area contributed by atoms with E-state index in [1.165, 1.54) is 4.90 Å². The Morgan fingerprint density at radius 1 is 1.32 bits per heavy atom. The van der Waals surface area contributed by atoms with Crippen molar-refractivity contribution in [1.29, 1.82) is 0 Å². The number of hydrogen-bond donors (Lipinski definition) is 1. The number of hydrogen-bond acceptors (Lipinski definition) is 2. The molecule has 1 aromatic carbocycles. The van der Waals surface area contributed by atoms with Gasteiger partial charge in [0.15, 0.2) is 0 Å². The number of rotatable bonds is 6. The van der Waals surface area contributed by atoms with Gasteiger partial charge in [-0.1, -0.05) is 41.9 Å². The second kappa shape index (κ2) is 7.28. The Hall–Kier alpha value is -1.36. The van der Waals surface area contributed by atoms with Crippen LogP contribution in [0.3, 0.4) is 0 Å². The van der Waals surface area contributed by atoms with Crippen LogP contribution in [0.25, 0.3) is 0 Å². The minimum Gasteiger partial charge on any atom is -0.368 e. The summed E-state index contributed by atoms with van der Waals surface area (Å²) in [5.41, 5.74) is 6.18. The lowest BCUT2D eigenvalue weighted by Gasteiger charge is -2.24. The van der Waals surface area contributed by atoms with Gasteiger partial charge in [-0.2, -0.15) is 0 Å². The maximum absolute atomic E-state index is 12.2. The molecule has 0 bridgehead atoms. The fraction of sp³-hybridized carbons (Fsp3) is 0.429. The molecule has 2 amide bonds. The number of nitrogens with two attached hydrogens (primary N) is 1. The Bertz CT molecular complexity index is 445. The summed E-state index contributed by atoms with van der Waals surface area (Å²) >= 11 is 3.36. The molecule has 0 saturated heterocycles. The largest absolute Gasteiger partial charge is 0.368 e. The molecule has 0 fully saturated rings. The SMILES string of the molecule is CC[C@H](C)C(=O)N(CC(N)=O)Cc1ccc(Br)cc1. The number of benzene rings is 1. The first kappa shape index (κ1) is 15.7. The zero-order valence-electron chi connectivity index (χ0n) is 11.2. The van der Waals surface area contributed by atoms with Gasteiger partial charge in [-0.05, 0) is 24.1 Å². The smallest absolute Gasteiger partial charge is 0.237 e. The van der Waals surface area contributed by atoms with Crippen molar-refractivity contribution in [1.82, 2.24) is 4.90 Å². The summed E-state index contributed by atoms with van der Waals surface area (Å²) in [4.78, 5) is 24.8. The molecular weight excluding hydrogens is 308 g/mol. The lowest BCUT2D eigenvalue weighted by molar-refractivity contribution is -0.139. The molecule has 1 rings (SSSR count). The van der Waals surface area contributed by atoms with Crippen LogP contribution in [-0.4, -0.2) is 23.3 Å². The minimum atomic E-state index is -0.492. The highest BCUT2D eigenvalue weighted by Gasteiger charge is 2.20. The van der Waals surface area contributed by atoms with Crippen LogP contribution in [0.4, 0.5) is 0 Å². The molecule has 4 nitrogen and oxygen atoms in total. The molecule has 19 heavy (non-hydrogen) atoms. The third kappa shape index (κ3) is 5.03. The molecule has 5 heteroatoms. The molecule has 1 aromatic rings. The van der Waals surface area contributed by atoms with Crippen molar-refractivity contribution in [3.05, 3.63) is 34.3 Å². The van der Waals surface area contributed by atoms with E-state index in [0.29, 0.717) is 6.54 Å². The summed E-state index contributed by atoms with van der Waals surface area (Å²) in [5, 5.41) is 0. The highest BCUT2D eigenvalue weighted by Crippen LogP contribution is 2.14. The van der Waals surface area contributed by atoms with Crippen LogP contribution in [0.2, 0.25) is 0 Å². The summed E-state index contributed by atoms with van der Waals surface area (Å²) in [7, 11) is 0. The van der Waals surface area contributed by atoms with E-state index in [1.54, 1.807) is 0 Å². The van der Waals surface area contributed by atoms with E-state index in [9.17, 15) is 9.59 Å². The number of carbonyl (C=O) groups excluding carboxylic acids is 2. The molecule has 0 heterocycles. The van der Waals surface area contributed by atoms with Crippen molar-refractivity contribution in [2.75, 3.05) is 6.54 Å². The van der Waals surface area contributed by atoms with Gasteiger partial charge in [0.2, 0.25) is 11.8 Å². The third-order valence-corrected chi connectivity index (χ3v) is 3.51.